The molecular weight excluding hydrogens is 280 g/mol. The van der Waals surface area contributed by atoms with Crippen molar-refractivity contribution < 1.29 is 14.3 Å². The lowest BCUT2D eigenvalue weighted by Gasteiger charge is -2.40. The van der Waals surface area contributed by atoms with Gasteiger partial charge in [0.2, 0.25) is 5.78 Å². The number of hydrogen-bond donors (Lipinski definition) is 1. The number of amides is 1. The van der Waals surface area contributed by atoms with Gasteiger partial charge in [0.15, 0.2) is 0 Å². The Morgan fingerprint density at radius 3 is 2.36 bits per heavy atom. The average Bonchev–Trinajstić information content (AvgIpc) is 2.53. The molecule has 5 nitrogen and oxygen atoms in total. The van der Waals surface area contributed by atoms with E-state index in [0.29, 0.717) is 25.3 Å². The number of carbonyl (C=O) groups excluding carboxylic acids is 2. The molecule has 0 saturated carbocycles. The van der Waals surface area contributed by atoms with Crippen molar-refractivity contribution in [2.45, 2.75) is 26.3 Å². The van der Waals surface area contributed by atoms with Gasteiger partial charge < -0.3 is 10.1 Å². The summed E-state index contributed by atoms with van der Waals surface area (Å²) in [5, 5.41) is 2.76. The maximum absolute atomic E-state index is 12.1. The molecule has 120 valence electrons. The molecule has 5 heteroatoms. The molecule has 0 aromatic heterocycles. The van der Waals surface area contributed by atoms with E-state index in [4.69, 9.17) is 4.74 Å². The molecular formula is C17H24N2O3. The van der Waals surface area contributed by atoms with E-state index in [1.807, 2.05) is 19.1 Å². The van der Waals surface area contributed by atoms with Crippen molar-refractivity contribution in [3.63, 3.8) is 0 Å². The lowest BCUT2D eigenvalue weighted by atomic mass is 10.0. The fourth-order valence-electron chi connectivity index (χ4n) is 2.49. The van der Waals surface area contributed by atoms with Gasteiger partial charge in [-0.3, -0.25) is 14.5 Å². The summed E-state index contributed by atoms with van der Waals surface area (Å²) in [6, 6.07) is 7.03. The van der Waals surface area contributed by atoms with Crippen LogP contribution in [0.1, 0.15) is 29.8 Å². The first kappa shape index (κ1) is 16.6. The number of ketones is 1. The predicted molar refractivity (Wildman–Crippen MR) is 85.0 cm³/mol. The molecule has 1 aromatic carbocycles. The minimum absolute atomic E-state index is 0.201. The number of nitrogens with zero attached hydrogens (tertiary/aromatic N) is 1. The maximum atomic E-state index is 12.1. The Morgan fingerprint density at radius 2 is 1.77 bits per heavy atom. The highest BCUT2D eigenvalue weighted by molar-refractivity contribution is 6.42. The summed E-state index contributed by atoms with van der Waals surface area (Å²) in [6.07, 6.45) is 0. The summed E-state index contributed by atoms with van der Waals surface area (Å²) >= 11 is 0. The Balaban J connectivity index is 1.91. The molecule has 1 N–H and O–H groups in total. The fraction of sp³-hybridized carbons (Fsp3) is 0.529. The van der Waals surface area contributed by atoms with Gasteiger partial charge in [-0.25, -0.2) is 0 Å². The molecule has 0 radical (unpaired) electrons. The number of Topliss-reactive ketones (excluding diaryl/α,β-unsaturated/α-hetero) is 1. The van der Waals surface area contributed by atoms with Gasteiger partial charge in [-0.15, -0.1) is 0 Å². The Bertz CT molecular complexity index is 531. The Morgan fingerprint density at radius 1 is 1.18 bits per heavy atom. The second-order valence-electron chi connectivity index (χ2n) is 6.29. The van der Waals surface area contributed by atoms with Crippen molar-refractivity contribution in [3.8, 4) is 0 Å². The van der Waals surface area contributed by atoms with Crippen LogP contribution in [-0.2, 0) is 9.53 Å². The van der Waals surface area contributed by atoms with Crippen molar-refractivity contribution in [3.05, 3.63) is 35.4 Å². The molecule has 1 fully saturated rings. The van der Waals surface area contributed by atoms with Gasteiger partial charge in [0.1, 0.15) is 0 Å². The predicted octanol–water partition coefficient (Wildman–Crippen LogP) is 1.40. The number of ether oxygens (including phenoxy) is 1. The van der Waals surface area contributed by atoms with Crippen molar-refractivity contribution in [2.75, 3.05) is 32.8 Å². The standard InChI is InChI=1S/C17H24N2O3/c1-13-4-6-14(7-5-13)15(20)16(21)18-12-17(2,3)19-8-10-22-11-9-19/h4-7H,8-12H2,1-3H3,(H,18,21). The highest BCUT2D eigenvalue weighted by Crippen LogP contribution is 2.15. The average molecular weight is 304 g/mol. The number of rotatable bonds is 5. The zero-order valence-corrected chi connectivity index (χ0v) is 13.5. The van der Waals surface area contributed by atoms with Crippen LogP contribution in [-0.4, -0.2) is 55.0 Å². The van der Waals surface area contributed by atoms with Crippen LogP contribution in [0.3, 0.4) is 0 Å². The SMILES string of the molecule is Cc1ccc(C(=O)C(=O)NCC(C)(C)N2CCOCC2)cc1. The lowest BCUT2D eigenvalue weighted by molar-refractivity contribution is -0.117. The Labute approximate surface area is 131 Å². The quantitative estimate of drug-likeness (QED) is 0.660. The topological polar surface area (TPSA) is 58.6 Å². The van der Waals surface area contributed by atoms with Crippen LogP contribution < -0.4 is 5.32 Å². The van der Waals surface area contributed by atoms with Gasteiger partial charge in [-0.1, -0.05) is 29.8 Å². The van der Waals surface area contributed by atoms with E-state index in [1.165, 1.54) is 0 Å². The monoisotopic (exact) mass is 304 g/mol. The molecule has 0 bridgehead atoms. The molecule has 2 rings (SSSR count). The third kappa shape index (κ3) is 4.15. The molecule has 22 heavy (non-hydrogen) atoms. The molecule has 1 amide bonds. The molecule has 1 aromatic rings. The summed E-state index contributed by atoms with van der Waals surface area (Å²) in [6.45, 7) is 9.61. The highest BCUT2D eigenvalue weighted by Gasteiger charge is 2.29. The number of morpholine rings is 1. The highest BCUT2D eigenvalue weighted by atomic mass is 16.5. The van der Waals surface area contributed by atoms with E-state index >= 15 is 0 Å². The minimum atomic E-state index is -0.551. The smallest absolute Gasteiger partial charge is 0.292 e. The zero-order valence-electron chi connectivity index (χ0n) is 13.5. The molecule has 1 aliphatic heterocycles. The summed E-state index contributed by atoms with van der Waals surface area (Å²) in [7, 11) is 0. The normalized spacial score (nSPS) is 16.3. The van der Waals surface area contributed by atoms with Crippen molar-refractivity contribution in [1.82, 2.24) is 10.2 Å². The molecule has 0 unspecified atom stereocenters. The Kier molecular flexibility index (Phi) is 5.32. The zero-order chi connectivity index (χ0) is 16.2. The maximum Gasteiger partial charge on any atom is 0.292 e. The number of carbonyl (C=O) groups is 2. The summed E-state index contributed by atoms with van der Waals surface area (Å²) < 4.78 is 5.34. The summed E-state index contributed by atoms with van der Waals surface area (Å²) in [4.78, 5) is 26.4. The number of aryl methyl sites for hydroxylation is 1. The van der Waals surface area contributed by atoms with Crippen LogP contribution in [0.2, 0.25) is 0 Å². The van der Waals surface area contributed by atoms with Crippen molar-refractivity contribution in [2.24, 2.45) is 0 Å². The minimum Gasteiger partial charge on any atom is -0.379 e. The van der Waals surface area contributed by atoms with Crippen LogP contribution in [0.4, 0.5) is 0 Å². The van der Waals surface area contributed by atoms with Gasteiger partial charge in [0.05, 0.1) is 13.2 Å². The third-order valence-corrected chi connectivity index (χ3v) is 4.07. The lowest BCUT2D eigenvalue weighted by Crippen LogP contribution is -2.55. The number of nitrogens with one attached hydrogen (secondary N) is 1. The molecule has 0 atom stereocenters. The fourth-order valence-corrected chi connectivity index (χ4v) is 2.49. The molecule has 0 spiro atoms. The van der Waals surface area contributed by atoms with E-state index in [2.05, 4.69) is 24.1 Å². The van der Waals surface area contributed by atoms with Gasteiger partial charge >= 0.3 is 0 Å². The molecule has 1 saturated heterocycles. The van der Waals surface area contributed by atoms with E-state index in [-0.39, 0.29) is 5.54 Å². The number of hydrogen-bond acceptors (Lipinski definition) is 4. The first-order chi connectivity index (χ1) is 10.4. The van der Waals surface area contributed by atoms with Gasteiger partial charge in [-0.05, 0) is 20.8 Å². The van der Waals surface area contributed by atoms with Crippen LogP contribution in [0.25, 0.3) is 0 Å². The van der Waals surface area contributed by atoms with Gasteiger partial charge in [0, 0.05) is 30.7 Å². The van der Waals surface area contributed by atoms with Crippen LogP contribution >= 0.6 is 0 Å². The largest absolute Gasteiger partial charge is 0.379 e. The van der Waals surface area contributed by atoms with E-state index in [9.17, 15) is 9.59 Å². The van der Waals surface area contributed by atoms with Crippen molar-refractivity contribution in [1.29, 1.82) is 0 Å². The first-order valence-electron chi connectivity index (χ1n) is 7.62. The second kappa shape index (κ2) is 7.03. The second-order valence-corrected chi connectivity index (χ2v) is 6.29. The van der Waals surface area contributed by atoms with Gasteiger partial charge in [-0.2, -0.15) is 0 Å². The first-order valence-corrected chi connectivity index (χ1v) is 7.62. The van der Waals surface area contributed by atoms with Crippen LogP contribution in [0.5, 0.6) is 0 Å². The third-order valence-electron chi connectivity index (χ3n) is 4.07. The molecule has 1 aliphatic rings. The number of benzene rings is 1. The van der Waals surface area contributed by atoms with Crippen LogP contribution in [0, 0.1) is 6.92 Å². The summed E-state index contributed by atoms with van der Waals surface area (Å²) in [5.41, 5.74) is 1.28. The van der Waals surface area contributed by atoms with E-state index < -0.39 is 11.7 Å². The van der Waals surface area contributed by atoms with Crippen molar-refractivity contribution >= 4 is 11.7 Å². The summed E-state index contributed by atoms with van der Waals surface area (Å²) in [5.74, 6) is -1.04. The van der Waals surface area contributed by atoms with Crippen LogP contribution in [0.15, 0.2) is 24.3 Å². The van der Waals surface area contributed by atoms with E-state index in [0.717, 1.165) is 18.7 Å². The molecule has 0 aliphatic carbocycles. The molecule has 1 heterocycles. The van der Waals surface area contributed by atoms with E-state index in [1.54, 1.807) is 12.1 Å². The van der Waals surface area contributed by atoms with Gasteiger partial charge in [0.25, 0.3) is 5.91 Å². The Hall–Kier alpha value is -1.72.